The average Bonchev–Trinajstić information content (AvgIpc) is 2.59. The van der Waals surface area contributed by atoms with Crippen molar-refractivity contribution in [1.29, 1.82) is 0 Å². The van der Waals surface area contributed by atoms with Crippen LogP contribution in [0.25, 0.3) is 5.57 Å². The van der Waals surface area contributed by atoms with Gasteiger partial charge in [0.2, 0.25) is 0 Å². The third-order valence-electron chi connectivity index (χ3n) is 4.02. The van der Waals surface area contributed by atoms with E-state index in [1.165, 1.54) is 13.3 Å². The van der Waals surface area contributed by atoms with Gasteiger partial charge in [0.25, 0.3) is 0 Å². The zero-order chi connectivity index (χ0) is 18.6. The zero-order valence-corrected chi connectivity index (χ0v) is 15.4. The molecule has 1 aromatic heterocycles. The maximum Gasteiger partial charge on any atom is 0.410 e. The zero-order valence-electron chi connectivity index (χ0n) is 15.4. The van der Waals surface area contributed by atoms with Crippen molar-refractivity contribution in [2.45, 2.75) is 51.7 Å². The number of carbonyl (C=O) groups is 2. The largest absolute Gasteiger partial charge is 0.465 e. The molecule has 1 atom stereocenters. The van der Waals surface area contributed by atoms with E-state index < -0.39 is 11.6 Å². The average molecular weight is 347 g/mol. The number of hydrogen-bond donors (Lipinski definition) is 0. The minimum absolute atomic E-state index is 0.0790. The predicted molar refractivity (Wildman–Crippen MR) is 93.0 cm³/mol. The molecule has 1 aromatic rings. The van der Waals surface area contributed by atoms with Crippen LogP contribution >= 0.6 is 0 Å². The molecule has 0 radical (unpaired) electrons. The van der Waals surface area contributed by atoms with Crippen LogP contribution < -0.4 is 0 Å². The summed E-state index contributed by atoms with van der Waals surface area (Å²) in [6.07, 6.45) is 5.36. The van der Waals surface area contributed by atoms with Crippen LogP contribution in [0.3, 0.4) is 0 Å². The molecule has 25 heavy (non-hydrogen) atoms. The summed E-state index contributed by atoms with van der Waals surface area (Å²) in [6.45, 7) is 5.56. The number of allylic oxidation sites excluding steroid dienone is 1. The van der Waals surface area contributed by atoms with Gasteiger partial charge in [0.1, 0.15) is 5.60 Å². The van der Waals surface area contributed by atoms with Gasteiger partial charge >= 0.3 is 12.1 Å². The number of amides is 1. The van der Waals surface area contributed by atoms with E-state index in [9.17, 15) is 9.59 Å². The number of aromatic nitrogens is 2. The maximum atomic E-state index is 12.2. The first kappa shape index (κ1) is 18.9. The second kappa shape index (κ2) is 7.63. The molecular formula is C18H25N3O4. The van der Waals surface area contributed by atoms with E-state index in [0.717, 1.165) is 18.4 Å². The Labute approximate surface area is 148 Å². The number of esters is 1. The molecule has 1 aliphatic carbocycles. The van der Waals surface area contributed by atoms with Crippen LogP contribution in [0.15, 0.2) is 18.3 Å². The fourth-order valence-corrected chi connectivity index (χ4v) is 2.64. The van der Waals surface area contributed by atoms with Gasteiger partial charge < -0.3 is 14.4 Å². The predicted octanol–water partition coefficient (Wildman–Crippen LogP) is 3.07. The van der Waals surface area contributed by atoms with Crippen molar-refractivity contribution in [2.75, 3.05) is 14.2 Å². The summed E-state index contributed by atoms with van der Waals surface area (Å²) in [5.41, 5.74) is 1.56. The molecule has 136 valence electrons. The number of nitrogens with zero attached hydrogens (tertiary/aromatic N) is 3. The van der Waals surface area contributed by atoms with Gasteiger partial charge in [0.15, 0.2) is 0 Å². The molecule has 0 N–H and O–H groups in total. The summed E-state index contributed by atoms with van der Waals surface area (Å²) in [7, 11) is 3.09. The lowest BCUT2D eigenvalue weighted by Gasteiger charge is -2.32. The summed E-state index contributed by atoms with van der Waals surface area (Å²) in [5, 5.41) is 7.98. The summed E-state index contributed by atoms with van der Waals surface area (Å²) in [5.74, 6) is -0.435. The number of methoxy groups -OCH3 is 1. The van der Waals surface area contributed by atoms with Crippen LogP contribution in [0.1, 0.15) is 56.1 Å². The third-order valence-corrected chi connectivity index (χ3v) is 4.02. The van der Waals surface area contributed by atoms with Crippen molar-refractivity contribution in [3.8, 4) is 0 Å². The Morgan fingerprint density at radius 3 is 2.60 bits per heavy atom. The Kier molecular flexibility index (Phi) is 5.77. The van der Waals surface area contributed by atoms with Crippen LogP contribution in [0, 0.1) is 0 Å². The van der Waals surface area contributed by atoms with Crippen molar-refractivity contribution >= 4 is 17.6 Å². The van der Waals surface area contributed by atoms with Crippen molar-refractivity contribution in [2.24, 2.45) is 0 Å². The Morgan fingerprint density at radius 2 is 2.04 bits per heavy atom. The van der Waals surface area contributed by atoms with Crippen LogP contribution in [0.5, 0.6) is 0 Å². The van der Waals surface area contributed by atoms with Gasteiger partial charge in [0, 0.05) is 13.1 Å². The number of rotatable bonds is 3. The van der Waals surface area contributed by atoms with Crippen LogP contribution in [-0.4, -0.2) is 53.0 Å². The van der Waals surface area contributed by atoms with Gasteiger partial charge in [-0.1, -0.05) is 6.08 Å². The number of carbonyl (C=O) groups excluding carboxylic acids is 2. The standard InChI is InChI=1S/C18H25N3O4/c1-18(2,3)25-17(23)21(4)14-8-6-12(7-9-14)15-10-13(11-19-20-15)16(22)24-5/h6,10-11,14H,7-9H2,1-5H3. The van der Waals surface area contributed by atoms with E-state index in [4.69, 9.17) is 9.47 Å². The lowest BCUT2D eigenvalue weighted by atomic mass is 9.92. The third kappa shape index (κ3) is 5.01. The second-order valence-corrected chi connectivity index (χ2v) is 7.07. The summed E-state index contributed by atoms with van der Waals surface area (Å²) >= 11 is 0. The normalized spacial score (nSPS) is 17.5. The van der Waals surface area contributed by atoms with Gasteiger partial charge in [-0.15, -0.1) is 0 Å². The molecule has 0 saturated heterocycles. The highest BCUT2D eigenvalue weighted by atomic mass is 16.6. The molecule has 7 heteroatoms. The highest BCUT2D eigenvalue weighted by Gasteiger charge is 2.27. The van der Waals surface area contributed by atoms with E-state index in [1.54, 1.807) is 18.0 Å². The van der Waals surface area contributed by atoms with Gasteiger partial charge in [-0.25, -0.2) is 9.59 Å². The summed E-state index contributed by atoms with van der Waals surface area (Å²) < 4.78 is 10.1. The topological polar surface area (TPSA) is 81.6 Å². The molecule has 0 saturated carbocycles. The molecule has 0 fully saturated rings. The van der Waals surface area contributed by atoms with Gasteiger partial charge in [-0.3, -0.25) is 0 Å². The van der Waals surface area contributed by atoms with Gasteiger partial charge in [-0.05, 0) is 51.7 Å². The second-order valence-electron chi connectivity index (χ2n) is 7.07. The molecule has 0 bridgehead atoms. The monoisotopic (exact) mass is 347 g/mol. The molecule has 0 aromatic carbocycles. The minimum atomic E-state index is -0.509. The summed E-state index contributed by atoms with van der Waals surface area (Å²) in [4.78, 5) is 25.4. The minimum Gasteiger partial charge on any atom is -0.465 e. The lowest BCUT2D eigenvalue weighted by Crippen LogP contribution is -2.41. The Hall–Kier alpha value is -2.44. The quantitative estimate of drug-likeness (QED) is 0.782. The molecule has 0 aliphatic heterocycles. The molecule has 1 amide bonds. The first-order valence-electron chi connectivity index (χ1n) is 8.27. The number of hydrogen-bond acceptors (Lipinski definition) is 6. The number of ether oxygens (including phenoxy) is 2. The molecule has 1 heterocycles. The van der Waals surface area contributed by atoms with Crippen LogP contribution in [0.4, 0.5) is 4.79 Å². The lowest BCUT2D eigenvalue weighted by molar-refractivity contribution is 0.0215. The first-order valence-corrected chi connectivity index (χ1v) is 8.27. The molecule has 7 nitrogen and oxygen atoms in total. The van der Waals surface area contributed by atoms with E-state index in [0.29, 0.717) is 17.7 Å². The van der Waals surface area contributed by atoms with Crippen LogP contribution in [-0.2, 0) is 9.47 Å². The molecule has 1 unspecified atom stereocenters. The van der Waals surface area contributed by atoms with Crippen molar-refractivity contribution in [3.63, 3.8) is 0 Å². The smallest absolute Gasteiger partial charge is 0.410 e. The fraction of sp³-hybridized carbons (Fsp3) is 0.556. The fourth-order valence-electron chi connectivity index (χ4n) is 2.64. The SMILES string of the molecule is COC(=O)c1cnnc(C2=CCC(N(C)C(=O)OC(C)(C)C)CC2)c1. The maximum absolute atomic E-state index is 12.2. The van der Waals surface area contributed by atoms with Crippen molar-refractivity contribution in [1.82, 2.24) is 15.1 Å². The van der Waals surface area contributed by atoms with E-state index >= 15 is 0 Å². The van der Waals surface area contributed by atoms with Crippen molar-refractivity contribution in [3.05, 3.63) is 29.6 Å². The molecule has 2 rings (SSSR count). The highest BCUT2D eigenvalue weighted by molar-refractivity contribution is 5.89. The Bertz CT molecular complexity index is 679. The molecular weight excluding hydrogens is 322 g/mol. The van der Waals surface area contributed by atoms with Crippen molar-refractivity contribution < 1.29 is 19.1 Å². The van der Waals surface area contributed by atoms with E-state index in [2.05, 4.69) is 10.2 Å². The Balaban J connectivity index is 2.05. The molecule has 1 aliphatic rings. The van der Waals surface area contributed by atoms with Gasteiger partial charge in [0.05, 0.1) is 24.6 Å². The van der Waals surface area contributed by atoms with E-state index in [-0.39, 0.29) is 12.1 Å². The Morgan fingerprint density at radius 1 is 1.32 bits per heavy atom. The van der Waals surface area contributed by atoms with E-state index in [1.807, 2.05) is 26.8 Å². The highest BCUT2D eigenvalue weighted by Crippen LogP contribution is 2.28. The first-order chi connectivity index (χ1) is 11.7. The van der Waals surface area contributed by atoms with Crippen LogP contribution in [0.2, 0.25) is 0 Å². The van der Waals surface area contributed by atoms with Gasteiger partial charge in [-0.2, -0.15) is 10.2 Å². The molecule has 0 spiro atoms. The summed E-state index contributed by atoms with van der Waals surface area (Å²) in [6, 6.07) is 1.76.